The lowest BCUT2D eigenvalue weighted by atomic mass is 9.84. The van der Waals surface area contributed by atoms with E-state index in [1.54, 1.807) is 0 Å². The summed E-state index contributed by atoms with van der Waals surface area (Å²) in [6.45, 7) is 6.45. The number of nitrogens with one attached hydrogen (secondary N) is 1. The molecule has 2 bridgehead atoms. The fourth-order valence-electron chi connectivity index (χ4n) is 4.17. The van der Waals surface area contributed by atoms with E-state index in [-0.39, 0.29) is 18.3 Å². The third-order valence-corrected chi connectivity index (χ3v) is 5.23. The average Bonchev–Trinajstić information content (AvgIpc) is 2.66. The number of hydrogen-bond acceptors (Lipinski definition) is 6. The van der Waals surface area contributed by atoms with Gasteiger partial charge in [-0.2, -0.15) is 0 Å². The number of nitro benzene ring substituents is 1. The van der Waals surface area contributed by atoms with E-state index in [1.807, 2.05) is 11.8 Å². The molecule has 2 fully saturated rings. The van der Waals surface area contributed by atoms with E-state index in [0.717, 1.165) is 32.6 Å². The number of urea groups is 1. The molecule has 0 radical (unpaired) electrons. The van der Waals surface area contributed by atoms with Crippen LogP contribution in [0, 0.1) is 22.0 Å². The Bertz CT molecular complexity index is 669. The first kappa shape index (κ1) is 20.3. The van der Waals surface area contributed by atoms with Crippen molar-refractivity contribution in [3.8, 4) is 5.75 Å². The van der Waals surface area contributed by atoms with Crippen molar-refractivity contribution in [2.24, 2.45) is 11.8 Å². The minimum absolute atomic E-state index is 0.00872. The Morgan fingerprint density at radius 3 is 2.50 bits per heavy atom. The second kappa shape index (κ2) is 9.20. The lowest BCUT2D eigenvalue weighted by Crippen LogP contribution is -2.56. The molecule has 28 heavy (non-hydrogen) atoms. The van der Waals surface area contributed by atoms with Crippen molar-refractivity contribution in [1.29, 1.82) is 0 Å². The van der Waals surface area contributed by atoms with Crippen LogP contribution >= 0.6 is 0 Å². The number of likely N-dealkylation sites (tertiary alicyclic amines) is 2. The van der Waals surface area contributed by atoms with E-state index in [1.165, 1.54) is 24.3 Å². The molecule has 3 atom stereocenters. The molecule has 0 aromatic heterocycles. The first-order chi connectivity index (χ1) is 13.4. The molecule has 0 aliphatic carbocycles. The smallest absolute Gasteiger partial charge is 0.317 e. The maximum absolute atomic E-state index is 12.1. The fourth-order valence-corrected chi connectivity index (χ4v) is 4.17. The molecule has 2 aliphatic heterocycles. The summed E-state index contributed by atoms with van der Waals surface area (Å²) < 4.78 is 5.55. The van der Waals surface area contributed by atoms with Crippen molar-refractivity contribution in [2.75, 3.05) is 45.9 Å². The van der Waals surface area contributed by atoms with E-state index in [4.69, 9.17) is 4.74 Å². The number of amides is 2. The number of β-amino-alcohol motifs (C(OH)–C–C–N with tert-alkyl or cyclic N) is 1. The number of non-ortho nitro benzene ring substituents is 1. The molecule has 2 aliphatic rings. The molecule has 2 amide bonds. The monoisotopic (exact) mass is 392 g/mol. The number of rotatable bonds is 7. The number of fused-ring (bicyclic) bond motifs is 2. The molecule has 0 saturated carbocycles. The molecule has 2 N–H and O–H groups in total. The molecular weight excluding hydrogens is 364 g/mol. The topological polar surface area (TPSA) is 108 Å². The number of hydrogen-bond donors (Lipinski definition) is 2. The zero-order valence-electron chi connectivity index (χ0n) is 16.1. The predicted molar refractivity (Wildman–Crippen MR) is 103 cm³/mol. The van der Waals surface area contributed by atoms with E-state index >= 15 is 0 Å². The summed E-state index contributed by atoms with van der Waals surface area (Å²) >= 11 is 0. The number of carbonyl (C=O) groups excluding carboxylic acids is 1. The van der Waals surface area contributed by atoms with Gasteiger partial charge in [-0.15, -0.1) is 0 Å². The molecule has 154 valence electrons. The number of ether oxygens (including phenoxy) is 1. The number of piperidine rings is 2. The van der Waals surface area contributed by atoms with Gasteiger partial charge in [-0.05, 0) is 37.3 Å². The summed E-state index contributed by atoms with van der Waals surface area (Å²) in [5, 5.41) is 23.9. The second-order valence-corrected chi connectivity index (χ2v) is 7.64. The van der Waals surface area contributed by atoms with Gasteiger partial charge < -0.3 is 20.1 Å². The van der Waals surface area contributed by atoms with Gasteiger partial charge in [0.15, 0.2) is 0 Å². The first-order valence-electron chi connectivity index (χ1n) is 9.75. The SMILES string of the molecule is CCNC(=O)N1CC2CC(CN(C[C@H](O)COc3ccc([N+](=O)[O-])cc3)C2)C1. The summed E-state index contributed by atoms with van der Waals surface area (Å²) in [5.41, 5.74) is 0.00872. The largest absolute Gasteiger partial charge is 0.491 e. The van der Waals surface area contributed by atoms with Crippen LogP contribution < -0.4 is 10.1 Å². The molecular formula is C19H28N4O5. The fraction of sp³-hybridized carbons (Fsp3) is 0.632. The highest BCUT2D eigenvalue weighted by Gasteiger charge is 2.36. The van der Waals surface area contributed by atoms with E-state index in [2.05, 4.69) is 10.2 Å². The second-order valence-electron chi connectivity index (χ2n) is 7.64. The first-order valence-corrected chi connectivity index (χ1v) is 9.75. The Morgan fingerprint density at radius 2 is 1.93 bits per heavy atom. The summed E-state index contributed by atoms with van der Waals surface area (Å²) in [7, 11) is 0. The van der Waals surface area contributed by atoms with Crippen LogP contribution in [0.3, 0.4) is 0 Å². The van der Waals surface area contributed by atoms with Crippen molar-refractivity contribution in [3.63, 3.8) is 0 Å². The molecule has 2 heterocycles. The number of carbonyl (C=O) groups is 1. The number of nitrogens with zero attached hydrogens (tertiary/aromatic N) is 3. The van der Waals surface area contributed by atoms with Crippen molar-refractivity contribution in [2.45, 2.75) is 19.4 Å². The normalized spacial score (nSPS) is 23.1. The highest BCUT2D eigenvalue weighted by Crippen LogP contribution is 2.28. The van der Waals surface area contributed by atoms with Gasteiger partial charge >= 0.3 is 6.03 Å². The van der Waals surface area contributed by atoms with Gasteiger partial charge in [0.25, 0.3) is 5.69 Å². The lowest BCUT2D eigenvalue weighted by molar-refractivity contribution is -0.384. The van der Waals surface area contributed by atoms with Crippen LogP contribution in [0.4, 0.5) is 10.5 Å². The molecule has 2 saturated heterocycles. The minimum Gasteiger partial charge on any atom is -0.491 e. The van der Waals surface area contributed by atoms with Crippen molar-refractivity contribution in [1.82, 2.24) is 15.1 Å². The van der Waals surface area contributed by atoms with Gasteiger partial charge in [0.05, 0.1) is 4.92 Å². The Morgan fingerprint density at radius 1 is 1.29 bits per heavy atom. The van der Waals surface area contributed by atoms with Gasteiger partial charge in [0.2, 0.25) is 0 Å². The van der Waals surface area contributed by atoms with Crippen LogP contribution in [0.2, 0.25) is 0 Å². The van der Waals surface area contributed by atoms with Crippen LogP contribution in [0.1, 0.15) is 13.3 Å². The summed E-state index contributed by atoms with van der Waals surface area (Å²) in [4.78, 5) is 26.4. The number of aliphatic hydroxyl groups excluding tert-OH is 1. The third kappa shape index (κ3) is 5.32. The Balaban J connectivity index is 1.43. The maximum atomic E-state index is 12.1. The third-order valence-electron chi connectivity index (χ3n) is 5.23. The summed E-state index contributed by atoms with van der Waals surface area (Å²) in [6, 6.07) is 5.85. The molecule has 9 heteroatoms. The molecule has 2 unspecified atom stereocenters. The highest BCUT2D eigenvalue weighted by atomic mass is 16.6. The van der Waals surface area contributed by atoms with Gasteiger partial charge in [-0.3, -0.25) is 15.0 Å². The Hall–Kier alpha value is -2.39. The van der Waals surface area contributed by atoms with Crippen LogP contribution in [0.15, 0.2) is 24.3 Å². The molecule has 3 rings (SSSR count). The lowest BCUT2D eigenvalue weighted by Gasteiger charge is -2.46. The van der Waals surface area contributed by atoms with Crippen LogP contribution in [0.5, 0.6) is 5.75 Å². The number of nitro groups is 1. The van der Waals surface area contributed by atoms with Crippen LogP contribution in [-0.2, 0) is 0 Å². The summed E-state index contributed by atoms with van der Waals surface area (Å²) in [5.74, 6) is 1.36. The molecule has 0 spiro atoms. The van der Waals surface area contributed by atoms with Gasteiger partial charge in [0.1, 0.15) is 18.5 Å². The predicted octanol–water partition coefficient (Wildman–Crippen LogP) is 1.32. The molecule has 1 aromatic carbocycles. The minimum atomic E-state index is -0.645. The Kier molecular flexibility index (Phi) is 6.69. The van der Waals surface area contributed by atoms with Crippen LogP contribution in [-0.4, -0.2) is 77.8 Å². The van der Waals surface area contributed by atoms with Gasteiger partial charge in [-0.25, -0.2) is 4.79 Å². The molecule has 1 aromatic rings. The highest BCUT2D eigenvalue weighted by molar-refractivity contribution is 5.74. The number of aliphatic hydroxyl groups is 1. The zero-order valence-corrected chi connectivity index (χ0v) is 16.1. The zero-order chi connectivity index (χ0) is 20.1. The van der Waals surface area contributed by atoms with Gasteiger partial charge in [-0.1, -0.05) is 0 Å². The average molecular weight is 392 g/mol. The standard InChI is InChI=1S/C19H28N4O5/c1-2-20-19(25)22-10-14-7-15(11-22)9-21(8-14)12-17(24)13-28-18-5-3-16(4-6-18)23(26)27/h3-6,14-15,17,24H,2,7-13H2,1H3,(H,20,25)/t14?,15?,17-/m0/s1. The number of benzene rings is 1. The van der Waals surface area contributed by atoms with Crippen LogP contribution in [0.25, 0.3) is 0 Å². The summed E-state index contributed by atoms with van der Waals surface area (Å²) in [6.07, 6.45) is 0.482. The quantitative estimate of drug-likeness (QED) is 0.535. The van der Waals surface area contributed by atoms with Crippen molar-refractivity contribution >= 4 is 11.7 Å². The van der Waals surface area contributed by atoms with E-state index in [9.17, 15) is 20.0 Å². The Labute approximate surface area is 164 Å². The van der Waals surface area contributed by atoms with Crippen molar-refractivity contribution < 1.29 is 19.6 Å². The van der Waals surface area contributed by atoms with Crippen molar-refractivity contribution in [3.05, 3.63) is 34.4 Å². The van der Waals surface area contributed by atoms with E-state index < -0.39 is 11.0 Å². The van der Waals surface area contributed by atoms with Gasteiger partial charge in [0, 0.05) is 51.4 Å². The van der Waals surface area contributed by atoms with E-state index in [0.29, 0.717) is 30.7 Å². The molecule has 9 nitrogen and oxygen atoms in total. The maximum Gasteiger partial charge on any atom is 0.317 e.